The van der Waals surface area contributed by atoms with Crippen molar-refractivity contribution in [2.24, 2.45) is 0 Å². The van der Waals surface area contributed by atoms with Crippen molar-refractivity contribution in [1.82, 2.24) is 9.62 Å². The molecule has 0 bridgehead atoms. The van der Waals surface area contributed by atoms with Gasteiger partial charge in [-0.3, -0.25) is 4.79 Å². The molecule has 1 amide bonds. The highest BCUT2D eigenvalue weighted by molar-refractivity contribution is 7.88. The van der Waals surface area contributed by atoms with Crippen LogP contribution in [0.15, 0.2) is 0 Å². The summed E-state index contributed by atoms with van der Waals surface area (Å²) in [4.78, 5) is 12.3. The Balaban J connectivity index is 1.95. The van der Waals surface area contributed by atoms with Gasteiger partial charge in [-0.1, -0.05) is 25.7 Å². The first-order chi connectivity index (χ1) is 9.82. The van der Waals surface area contributed by atoms with Gasteiger partial charge in [0.25, 0.3) is 0 Å². The van der Waals surface area contributed by atoms with Crippen LogP contribution in [0.1, 0.15) is 51.4 Å². The van der Waals surface area contributed by atoms with Crippen LogP contribution < -0.4 is 5.32 Å². The van der Waals surface area contributed by atoms with Crippen molar-refractivity contribution in [3.05, 3.63) is 0 Å². The van der Waals surface area contributed by atoms with Gasteiger partial charge in [0.2, 0.25) is 15.9 Å². The van der Waals surface area contributed by atoms with E-state index in [0.717, 1.165) is 38.4 Å². The molecule has 1 aliphatic carbocycles. The molecule has 1 heterocycles. The van der Waals surface area contributed by atoms with E-state index in [4.69, 9.17) is 0 Å². The van der Waals surface area contributed by atoms with Crippen LogP contribution >= 0.6 is 0 Å². The van der Waals surface area contributed by atoms with Crippen molar-refractivity contribution < 1.29 is 18.3 Å². The minimum absolute atomic E-state index is 0.222. The molecule has 2 N–H and O–H groups in total. The summed E-state index contributed by atoms with van der Waals surface area (Å²) in [6.07, 6.45) is 7.83. The summed E-state index contributed by atoms with van der Waals surface area (Å²) in [7, 11) is -3.37. The van der Waals surface area contributed by atoms with E-state index in [9.17, 15) is 18.3 Å². The Kier molecular flexibility index (Phi) is 5.27. The first-order valence-electron chi connectivity index (χ1n) is 7.79. The average molecular weight is 318 g/mol. The average Bonchev–Trinajstić information content (AvgIpc) is 2.45. The molecule has 21 heavy (non-hydrogen) atoms. The Hall–Kier alpha value is -0.660. The molecule has 0 aromatic heterocycles. The van der Waals surface area contributed by atoms with Gasteiger partial charge in [0.15, 0.2) is 0 Å². The van der Waals surface area contributed by atoms with Gasteiger partial charge in [-0.2, -0.15) is 4.31 Å². The Morgan fingerprint density at radius 3 is 2.52 bits per heavy atom. The fraction of sp³-hybridized carbons (Fsp3) is 0.929. The Bertz CT molecular complexity index is 471. The highest BCUT2D eigenvalue weighted by Gasteiger charge is 2.36. The molecular formula is C14H26N2O4S. The molecule has 2 fully saturated rings. The first-order valence-corrected chi connectivity index (χ1v) is 9.64. The van der Waals surface area contributed by atoms with E-state index in [-0.39, 0.29) is 12.5 Å². The second-order valence-corrected chi connectivity index (χ2v) is 8.32. The molecule has 1 unspecified atom stereocenters. The van der Waals surface area contributed by atoms with Gasteiger partial charge in [-0.15, -0.1) is 0 Å². The van der Waals surface area contributed by atoms with Crippen LogP contribution in [0.2, 0.25) is 0 Å². The van der Waals surface area contributed by atoms with Crippen molar-refractivity contribution in [1.29, 1.82) is 0 Å². The van der Waals surface area contributed by atoms with Gasteiger partial charge in [-0.25, -0.2) is 8.42 Å². The van der Waals surface area contributed by atoms with Crippen molar-refractivity contribution in [2.45, 2.75) is 63.0 Å². The number of aliphatic hydroxyl groups is 1. The highest BCUT2D eigenvalue weighted by atomic mass is 32.2. The summed E-state index contributed by atoms with van der Waals surface area (Å²) in [5.74, 6) is -0.279. The molecular weight excluding hydrogens is 292 g/mol. The fourth-order valence-electron chi connectivity index (χ4n) is 3.32. The molecule has 122 valence electrons. The van der Waals surface area contributed by atoms with Crippen LogP contribution in [0.25, 0.3) is 0 Å². The number of sulfonamides is 1. The summed E-state index contributed by atoms with van der Waals surface area (Å²) in [5, 5.41) is 13.2. The summed E-state index contributed by atoms with van der Waals surface area (Å²) in [6.45, 7) is 0.626. The minimum atomic E-state index is -3.37. The third-order valence-electron chi connectivity index (χ3n) is 4.56. The van der Waals surface area contributed by atoms with E-state index in [1.807, 2.05) is 0 Å². The van der Waals surface area contributed by atoms with E-state index in [2.05, 4.69) is 5.32 Å². The van der Waals surface area contributed by atoms with Crippen molar-refractivity contribution in [3.63, 3.8) is 0 Å². The van der Waals surface area contributed by atoms with Crippen LogP contribution in [0, 0.1) is 0 Å². The predicted octanol–water partition coefficient (Wildman–Crippen LogP) is 0.612. The SMILES string of the molecule is CS(=O)(=O)N1CCCCC1C(=O)NCC1(O)CCCCC1. The summed E-state index contributed by atoms with van der Waals surface area (Å²) in [6, 6.07) is -0.624. The third kappa shape index (κ3) is 4.40. The van der Waals surface area contributed by atoms with E-state index < -0.39 is 21.7 Å². The fourth-order valence-corrected chi connectivity index (χ4v) is 4.44. The Morgan fingerprint density at radius 2 is 1.90 bits per heavy atom. The van der Waals surface area contributed by atoms with Crippen LogP contribution in [-0.2, 0) is 14.8 Å². The van der Waals surface area contributed by atoms with Crippen LogP contribution in [-0.4, -0.2) is 54.7 Å². The molecule has 0 spiro atoms. The van der Waals surface area contributed by atoms with Crippen LogP contribution in [0.3, 0.4) is 0 Å². The largest absolute Gasteiger partial charge is 0.388 e. The van der Waals surface area contributed by atoms with Gasteiger partial charge < -0.3 is 10.4 Å². The quantitative estimate of drug-likeness (QED) is 0.795. The monoisotopic (exact) mass is 318 g/mol. The number of rotatable bonds is 4. The number of carbonyl (C=O) groups is 1. The molecule has 2 rings (SSSR count). The number of hydrogen-bond donors (Lipinski definition) is 2. The number of amides is 1. The maximum Gasteiger partial charge on any atom is 0.238 e. The number of nitrogens with zero attached hydrogens (tertiary/aromatic N) is 1. The Morgan fingerprint density at radius 1 is 1.24 bits per heavy atom. The third-order valence-corrected chi connectivity index (χ3v) is 5.85. The van der Waals surface area contributed by atoms with Crippen molar-refractivity contribution >= 4 is 15.9 Å². The molecule has 1 saturated heterocycles. The standard InChI is InChI=1S/C14H26N2O4S/c1-21(19,20)16-10-6-3-7-12(16)13(17)15-11-14(18)8-4-2-5-9-14/h12,18H,2-11H2,1H3,(H,15,17). The lowest BCUT2D eigenvalue weighted by Gasteiger charge is -2.35. The number of piperidine rings is 1. The lowest BCUT2D eigenvalue weighted by molar-refractivity contribution is -0.127. The summed E-state index contributed by atoms with van der Waals surface area (Å²) < 4.78 is 24.8. The molecule has 6 nitrogen and oxygen atoms in total. The molecule has 0 radical (unpaired) electrons. The molecule has 0 aromatic rings. The van der Waals surface area contributed by atoms with E-state index in [0.29, 0.717) is 25.8 Å². The Labute approximate surface area is 126 Å². The summed E-state index contributed by atoms with van der Waals surface area (Å²) >= 11 is 0. The van der Waals surface area contributed by atoms with E-state index >= 15 is 0 Å². The molecule has 2 aliphatic rings. The maximum absolute atomic E-state index is 12.3. The molecule has 1 atom stereocenters. The van der Waals surface area contributed by atoms with Crippen molar-refractivity contribution in [2.75, 3.05) is 19.3 Å². The van der Waals surface area contributed by atoms with Crippen LogP contribution in [0.5, 0.6) is 0 Å². The predicted molar refractivity (Wildman–Crippen MR) is 80.2 cm³/mol. The maximum atomic E-state index is 12.3. The zero-order valence-electron chi connectivity index (χ0n) is 12.7. The zero-order chi connectivity index (χ0) is 15.5. The molecule has 1 saturated carbocycles. The van der Waals surface area contributed by atoms with Gasteiger partial charge in [-0.05, 0) is 25.7 Å². The molecule has 7 heteroatoms. The zero-order valence-corrected chi connectivity index (χ0v) is 13.5. The van der Waals surface area contributed by atoms with Crippen LogP contribution in [0.4, 0.5) is 0 Å². The molecule has 0 aromatic carbocycles. The van der Waals surface area contributed by atoms with Gasteiger partial charge in [0.05, 0.1) is 11.9 Å². The first kappa shape index (κ1) is 16.7. The lowest BCUT2D eigenvalue weighted by atomic mass is 9.85. The van der Waals surface area contributed by atoms with Gasteiger partial charge in [0, 0.05) is 13.1 Å². The number of hydrogen-bond acceptors (Lipinski definition) is 4. The van der Waals surface area contributed by atoms with Gasteiger partial charge in [0.1, 0.15) is 6.04 Å². The van der Waals surface area contributed by atoms with Crippen molar-refractivity contribution in [3.8, 4) is 0 Å². The molecule has 1 aliphatic heterocycles. The summed E-state index contributed by atoms with van der Waals surface area (Å²) in [5.41, 5.74) is -0.821. The smallest absolute Gasteiger partial charge is 0.238 e. The van der Waals surface area contributed by atoms with E-state index in [1.54, 1.807) is 0 Å². The van der Waals surface area contributed by atoms with E-state index in [1.165, 1.54) is 4.31 Å². The number of carbonyl (C=O) groups excluding carboxylic acids is 1. The lowest BCUT2D eigenvalue weighted by Crippen LogP contribution is -2.54. The minimum Gasteiger partial charge on any atom is -0.388 e. The topological polar surface area (TPSA) is 86.7 Å². The second-order valence-electron chi connectivity index (χ2n) is 6.39. The second kappa shape index (κ2) is 6.62. The normalized spacial score (nSPS) is 27.2. The highest BCUT2D eigenvalue weighted by Crippen LogP contribution is 2.27. The van der Waals surface area contributed by atoms with Gasteiger partial charge >= 0.3 is 0 Å². The number of nitrogens with one attached hydrogen (secondary N) is 1.